The molecule has 4 nitrogen and oxygen atoms in total. The van der Waals surface area contributed by atoms with E-state index >= 15 is 0 Å². The topological polar surface area (TPSA) is 63.6 Å². The molecule has 1 rings (SSSR count). The van der Waals surface area contributed by atoms with Gasteiger partial charge < -0.3 is 9.84 Å². The third-order valence-corrected chi connectivity index (χ3v) is 2.96. The van der Waals surface area contributed by atoms with Gasteiger partial charge in [-0.1, -0.05) is 6.07 Å². The van der Waals surface area contributed by atoms with Gasteiger partial charge in [0.05, 0.1) is 12.9 Å². The van der Waals surface area contributed by atoms with Gasteiger partial charge in [0.25, 0.3) is 0 Å². The average Bonchev–Trinajstić information content (AvgIpc) is 2.25. The number of Topliss-reactive ketones (excluding diaryl/α,β-unsaturated/α-hetero) is 1. The third kappa shape index (κ3) is 3.27. The van der Waals surface area contributed by atoms with Crippen LogP contribution in [0.3, 0.4) is 0 Å². The molecule has 0 amide bonds. The Labute approximate surface area is 97.6 Å². The number of carboxylic acids is 1. The molecule has 0 aliphatic heterocycles. The van der Waals surface area contributed by atoms with Crippen molar-refractivity contribution in [2.24, 2.45) is 0 Å². The molecule has 0 atom stereocenters. The largest absolute Gasteiger partial charge is 0.496 e. The Balaban J connectivity index is 2.93. The highest BCUT2D eigenvalue weighted by molar-refractivity contribution is 8.00. The molecule has 16 heavy (non-hydrogen) atoms. The average molecular weight is 240 g/mol. The number of ketones is 1. The Morgan fingerprint density at radius 1 is 1.44 bits per heavy atom. The summed E-state index contributed by atoms with van der Waals surface area (Å²) in [6.07, 6.45) is 0. The number of carboxylic acid groups (broad SMARTS) is 1. The second-order valence-corrected chi connectivity index (χ2v) is 4.12. The lowest BCUT2D eigenvalue weighted by atomic mass is 10.1. The highest BCUT2D eigenvalue weighted by Gasteiger charge is 2.09. The van der Waals surface area contributed by atoms with Gasteiger partial charge in [-0.15, -0.1) is 11.8 Å². The fourth-order valence-corrected chi connectivity index (χ4v) is 1.87. The van der Waals surface area contributed by atoms with Crippen molar-refractivity contribution in [1.29, 1.82) is 0 Å². The lowest BCUT2D eigenvalue weighted by molar-refractivity contribution is -0.133. The van der Waals surface area contributed by atoms with E-state index in [4.69, 9.17) is 9.84 Å². The first-order valence-corrected chi connectivity index (χ1v) is 5.56. The Morgan fingerprint density at radius 2 is 2.12 bits per heavy atom. The Morgan fingerprint density at radius 3 is 2.62 bits per heavy atom. The van der Waals surface area contributed by atoms with E-state index in [1.807, 2.05) is 0 Å². The van der Waals surface area contributed by atoms with E-state index < -0.39 is 5.97 Å². The van der Waals surface area contributed by atoms with Crippen molar-refractivity contribution in [3.8, 4) is 5.75 Å². The second-order valence-electron chi connectivity index (χ2n) is 3.10. The van der Waals surface area contributed by atoms with Gasteiger partial charge in [-0.05, 0) is 19.1 Å². The van der Waals surface area contributed by atoms with Crippen LogP contribution in [-0.2, 0) is 4.79 Å². The van der Waals surface area contributed by atoms with Crippen molar-refractivity contribution in [2.45, 2.75) is 11.8 Å². The lowest BCUT2D eigenvalue weighted by Gasteiger charge is -2.08. The van der Waals surface area contributed by atoms with Crippen molar-refractivity contribution in [3.05, 3.63) is 23.8 Å². The van der Waals surface area contributed by atoms with Crippen LogP contribution in [0.5, 0.6) is 5.75 Å². The van der Waals surface area contributed by atoms with E-state index in [2.05, 4.69) is 0 Å². The molecule has 0 heterocycles. The van der Waals surface area contributed by atoms with Crippen molar-refractivity contribution < 1.29 is 19.4 Å². The summed E-state index contributed by atoms with van der Waals surface area (Å²) in [5.41, 5.74) is 0.552. The zero-order chi connectivity index (χ0) is 12.1. The summed E-state index contributed by atoms with van der Waals surface area (Å²) in [7, 11) is 1.49. The second kappa shape index (κ2) is 5.55. The monoisotopic (exact) mass is 240 g/mol. The maximum atomic E-state index is 11.1. The van der Waals surface area contributed by atoms with Crippen molar-refractivity contribution >= 4 is 23.5 Å². The van der Waals surface area contributed by atoms with Gasteiger partial charge in [-0.2, -0.15) is 0 Å². The number of hydrogen-bond donors (Lipinski definition) is 1. The number of hydrogen-bond acceptors (Lipinski definition) is 4. The van der Waals surface area contributed by atoms with Crippen LogP contribution in [0.1, 0.15) is 17.3 Å². The number of aliphatic carboxylic acids is 1. The number of methoxy groups -OCH3 is 1. The molecule has 0 radical (unpaired) electrons. The van der Waals surface area contributed by atoms with Crippen LogP contribution < -0.4 is 4.74 Å². The highest BCUT2D eigenvalue weighted by atomic mass is 32.2. The number of carbonyl (C=O) groups is 2. The summed E-state index contributed by atoms with van der Waals surface area (Å²) >= 11 is 1.16. The minimum absolute atomic E-state index is 0.0320. The van der Waals surface area contributed by atoms with Gasteiger partial charge in [0.2, 0.25) is 0 Å². The molecule has 0 saturated carbocycles. The van der Waals surface area contributed by atoms with Crippen LogP contribution in [0.25, 0.3) is 0 Å². The van der Waals surface area contributed by atoms with Gasteiger partial charge in [0, 0.05) is 10.5 Å². The van der Waals surface area contributed by atoms with Crippen molar-refractivity contribution in [2.75, 3.05) is 12.9 Å². The van der Waals surface area contributed by atoms with Crippen molar-refractivity contribution in [1.82, 2.24) is 0 Å². The normalized spacial score (nSPS) is 9.88. The number of carbonyl (C=O) groups excluding carboxylic acids is 1. The first kappa shape index (κ1) is 12.6. The molecule has 5 heteroatoms. The molecule has 0 bridgehead atoms. The number of ether oxygens (including phenoxy) is 1. The molecule has 1 N–H and O–H groups in total. The molecule has 86 valence electrons. The van der Waals surface area contributed by atoms with Crippen LogP contribution in [-0.4, -0.2) is 29.7 Å². The van der Waals surface area contributed by atoms with E-state index in [-0.39, 0.29) is 11.5 Å². The van der Waals surface area contributed by atoms with Crippen molar-refractivity contribution in [3.63, 3.8) is 0 Å². The molecule has 0 fully saturated rings. The molecule has 0 spiro atoms. The fraction of sp³-hybridized carbons (Fsp3) is 0.273. The van der Waals surface area contributed by atoms with E-state index in [1.54, 1.807) is 18.2 Å². The molecular formula is C11H12O4S. The van der Waals surface area contributed by atoms with E-state index in [0.29, 0.717) is 11.3 Å². The molecule has 0 aromatic heterocycles. The van der Waals surface area contributed by atoms with Gasteiger partial charge in [0.1, 0.15) is 5.75 Å². The first-order chi connectivity index (χ1) is 7.54. The number of rotatable bonds is 5. The smallest absolute Gasteiger partial charge is 0.313 e. The van der Waals surface area contributed by atoms with Gasteiger partial charge >= 0.3 is 5.97 Å². The standard InChI is InChI=1S/C11H12O4S/c1-7(12)8-3-4-10(9(5-8)15-2)16-6-11(13)14/h3-5H,6H2,1-2H3,(H,13,14). The van der Waals surface area contributed by atoms with Crippen LogP contribution >= 0.6 is 11.8 Å². The zero-order valence-electron chi connectivity index (χ0n) is 9.02. The molecule has 0 aliphatic carbocycles. The molecule has 0 aliphatic rings. The first-order valence-electron chi connectivity index (χ1n) is 4.58. The highest BCUT2D eigenvalue weighted by Crippen LogP contribution is 2.30. The molecule has 1 aromatic carbocycles. The molecule has 0 saturated heterocycles. The Hall–Kier alpha value is -1.49. The zero-order valence-corrected chi connectivity index (χ0v) is 9.84. The predicted molar refractivity (Wildman–Crippen MR) is 61.4 cm³/mol. The Kier molecular flexibility index (Phi) is 4.37. The van der Waals surface area contributed by atoms with Gasteiger partial charge in [0.15, 0.2) is 5.78 Å². The molecule has 0 unspecified atom stereocenters. The quantitative estimate of drug-likeness (QED) is 0.630. The summed E-state index contributed by atoms with van der Waals surface area (Å²) in [6, 6.07) is 4.98. The fourth-order valence-electron chi connectivity index (χ4n) is 1.15. The van der Waals surface area contributed by atoms with Crippen LogP contribution in [0.15, 0.2) is 23.1 Å². The van der Waals surface area contributed by atoms with Gasteiger partial charge in [-0.3, -0.25) is 9.59 Å². The summed E-state index contributed by atoms with van der Waals surface area (Å²) < 4.78 is 5.10. The predicted octanol–water partition coefficient (Wildman–Crippen LogP) is 2.07. The van der Waals surface area contributed by atoms with Crippen LogP contribution in [0.2, 0.25) is 0 Å². The van der Waals surface area contributed by atoms with E-state index in [9.17, 15) is 9.59 Å². The van der Waals surface area contributed by atoms with Crippen LogP contribution in [0.4, 0.5) is 0 Å². The minimum atomic E-state index is -0.886. The maximum absolute atomic E-state index is 11.1. The van der Waals surface area contributed by atoms with E-state index in [1.165, 1.54) is 14.0 Å². The number of benzene rings is 1. The summed E-state index contributed by atoms with van der Waals surface area (Å²) in [6.45, 7) is 1.47. The maximum Gasteiger partial charge on any atom is 0.313 e. The number of thioether (sulfide) groups is 1. The Bertz CT molecular complexity index is 414. The molecule has 1 aromatic rings. The summed E-state index contributed by atoms with van der Waals surface area (Å²) in [5, 5.41) is 8.57. The molecular weight excluding hydrogens is 228 g/mol. The lowest BCUT2D eigenvalue weighted by Crippen LogP contribution is -1.99. The third-order valence-electron chi connectivity index (χ3n) is 1.92. The van der Waals surface area contributed by atoms with Crippen LogP contribution in [0, 0.1) is 0 Å². The van der Waals surface area contributed by atoms with Gasteiger partial charge in [-0.25, -0.2) is 0 Å². The summed E-state index contributed by atoms with van der Waals surface area (Å²) in [4.78, 5) is 22.3. The van der Waals surface area contributed by atoms with E-state index in [0.717, 1.165) is 16.7 Å². The summed E-state index contributed by atoms with van der Waals surface area (Å²) in [5.74, 6) is -0.440. The minimum Gasteiger partial charge on any atom is -0.496 e. The SMILES string of the molecule is COc1cc(C(C)=O)ccc1SCC(=O)O.